The van der Waals surface area contributed by atoms with E-state index in [0.29, 0.717) is 10.8 Å². The van der Waals surface area contributed by atoms with Gasteiger partial charge in [0.15, 0.2) is 17.3 Å². The molecule has 20 heavy (non-hydrogen) atoms. The highest BCUT2D eigenvalue weighted by Crippen LogP contribution is 2.28. The predicted octanol–water partition coefficient (Wildman–Crippen LogP) is 3.73. The molecule has 0 bridgehead atoms. The highest BCUT2D eigenvalue weighted by atomic mass is 35.5. The number of halogens is 2. The number of hydrogen-bond acceptors (Lipinski definition) is 3. The largest absolute Gasteiger partial charge is 0.496 e. The van der Waals surface area contributed by atoms with E-state index >= 15 is 0 Å². The van der Waals surface area contributed by atoms with E-state index in [1.807, 2.05) is 0 Å². The molecule has 0 saturated carbocycles. The lowest BCUT2D eigenvalue weighted by atomic mass is 10.0. The van der Waals surface area contributed by atoms with Crippen LogP contribution < -0.4 is 9.47 Å². The number of ketones is 1. The SMILES string of the molecule is COc1cc(Cl)ccc1C(=O)c1cccc(OC)c1F. The summed E-state index contributed by atoms with van der Waals surface area (Å²) in [5.74, 6) is -0.875. The number of hydrogen-bond donors (Lipinski definition) is 0. The first-order valence-corrected chi connectivity index (χ1v) is 6.17. The summed E-state index contributed by atoms with van der Waals surface area (Å²) in [6.45, 7) is 0. The van der Waals surface area contributed by atoms with Crippen molar-refractivity contribution in [2.45, 2.75) is 0 Å². The van der Waals surface area contributed by atoms with Crippen molar-refractivity contribution in [2.75, 3.05) is 14.2 Å². The van der Waals surface area contributed by atoms with E-state index in [2.05, 4.69) is 0 Å². The summed E-state index contributed by atoms with van der Waals surface area (Å²) in [7, 11) is 2.76. The van der Waals surface area contributed by atoms with E-state index in [0.717, 1.165) is 0 Å². The van der Waals surface area contributed by atoms with Gasteiger partial charge in [-0.1, -0.05) is 17.7 Å². The third kappa shape index (κ3) is 2.60. The van der Waals surface area contributed by atoms with E-state index in [4.69, 9.17) is 21.1 Å². The molecule has 3 nitrogen and oxygen atoms in total. The molecule has 0 radical (unpaired) electrons. The number of ether oxygens (including phenoxy) is 2. The van der Waals surface area contributed by atoms with Crippen LogP contribution >= 0.6 is 11.6 Å². The van der Waals surface area contributed by atoms with Crippen molar-refractivity contribution in [1.29, 1.82) is 0 Å². The monoisotopic (exact) mass is 294 g/mol. The summed E-state index contributed by atoms with van der Waals surface area (Å²) in [6.07, 6.45) is 0. The van der Waals surface area contributed by atoms with E-state index in [9.17, 15) is 9.18 Å². The normalized spacial score (nSPS) is 10.2. The minimum absolute atomic E-state index is 0.0174. The maximum absolute atomic E-state index is 14.1. The predicted molar refractivity (Wildman–Crippen MR) is 74.4 cm³/mol. The van der Waals surface area contributed by atoms with Crippen molar-refractivity contribution >= 4 is 17.4 Å². The van der Waals surface area contributed by atoms with Crippen LogP contribution in [0.3, 0.4) is 0 Å². The van der Waals surface area contributed by atoms with Crippen LogP contribution in [0.4, 0.5) is 4.39 Å². The van der Waals surface area contributed by atoms with Crippen molar-refractivity contribution in [3.8, 4) is 11.5 Å². The van der Waals surface area contributed by atoms with Gasteiger partial charge < -0.3 is 9.47 Å². The molecule has 0 saturated heterocycles. The van der Waals surface area contributed by atoms with Gasteiger partial charge in [-0.25, -0.2) is 4.39 Å². The Labute approximate surface area is 120 Å². The van der Waals surface area contributed by atoms with E-state index in [-0.39, 0.29) is 16.9 Å². The molecule has 0 spiro atoms. The minimum Gasteiger partial charge on any atom is -0.496 e. The third-order valence-electron chi connectivity index (χ3n) is 2.84. The molecule has 0 fully saturated rings. The summed E-state index contributed by atoms with van der Waals surface area (Å²) in [5.41, 5.74) is 0.161. The summed E-state index contributed by atoms with van der Waals surface area (Å²) in [6, 6.07) is 8.96. The molecule has 5 heteroatoms. The number of methoxy groups -OCH3 is 2. The first-order chi connectivity index (χ1) is 9.58. The van der Waals surface area contributed by atoms with Crippen molar-refractivity contribution < 1.29 is 18.7 Å². The average Bonchev–Trinajstić information content (AvgIpc) is 2.46. The van der Waals surface area contributed by atoms with Crippen molar-refractivity contribution in [2.24, 2.45) is 0 Å². The topological polar surface area (TPSA) is 35.5 Å². The van der Waals surface area contributed by atoms with E-state index in [1.54, 1.807) is 12.1 Å². The standard InChI is InChI=1S/C15H12ClFO3/c1-19-12-5-3-4-11(14(12)17)15(18)10-7-6-9(16)8-13(10)20-2/h3-8H,1-2H3. The van der Waals surface area contributed by atoms with Crippen molar-refractivity contribution in [1.82, 2.24) is 0 Å². The molecule has 0 aliphatic heterocycles. The van der Waals surface area contributed by atoms with Crippen molar-refractivity contribution in [3.63, 3.8) is 0 Å². The Morgan fingerprint density at radius 1 is 1.05 bits per heavy atom. The van der Waals surface area contributed by atoms with Gasteiger partial charge in [-0.2, -0.15) is 0 Å². The Morgan fingerprint density at radius 2 is 1.75 bits per heavy atom. The zero-order valence-electron chi connectivity index (χ0n) is 10.9. The Balaban J connectivity index is 2.52. The Hall–Kier alpha value is -2.07. The molecule has 0 aromatic heterocycles. The number of carbonyl (C=O) groups excluding carboxylic acids is 1. The summed E-state index contributed by atoms with van der Waals surface area (Å²) in [4.78, 5) is 12.4. The summed E-state index contributed by atoms with van der Waals surface area (Å²) < 4.78 is 24.1. The van der Waals surface area contributed by atoms with Gasteiger partial charge in [0, 0.05) is 5.02 Å². The van der Waals surface area contributed by atoms with Crippen LogP contribution in [0.2, 0.25) is 5.02 Å². The number of rotatable bonds is 4. The Morgan fingerprint density at radius 3 is 2.40 bits per heavy atom. The second-order valence-corrected chi connectivity index (χ2v) is 4.43. The number of carbonyl (C=O) groups is 1. The maximum Gasteiger partial charge on any atom is 0.199 e. The summed E-state index contributed by atoms with van der Waals surface area (Å²) in [5, 5.41) is 0.435. The van der Waals surface area contributed by atoms with Gasteiger partial charge in [-0.3, -0.25) is 4.79 Å². The molecule has 2 aromatic rings. The first-order valence-electron chi connectivity index (χ1n) is 5.79. The molecule has 104 valence electrons. The van der Waals surface area contributed by atoms with Gasteiger partial charge in [0.05, 0.1) is 25.3 Å². The fourth-order valence-electron chi connectivity index (χ4n) is 1.84. The van der Waals surface area contributed by atoms with Crippen LogP contribution in [0.25, 0.3) is 0 Å². The second-order valence-electron chi connectivity index (χ2n) is 4.00. The second kappa shape index (κ2) is 5.92. The summed E-state index contributed by atoms with van der Waals surface area (Å²) >= 11 is 5.84. The smallest absolute Gasteiger partial charge is 0.199 e. The van der Waals surface area contributed by atoms with Gasteiger partial charge in [-0.05, 0) is 30.3 Å². The lowest BCUT2D eigenvalue weighted by molar-refractivity contribution is 0.103. The zero-order chi connectivity index (χ0) is 14.7. The minimum atomic E-state index is -0.697. The Kier molecular flexibility index (Phi) is 4.25. The van der Waals surface area contributed by atoms with Gasteiger partial charge in [0.2, 0.25) is 0 Å². The molecule has 2 rings (SSSR count). The van der Waals surface area contributed by atoms with Crippen LogP contribution in [0.1, 0.15) is 15.9 Å². The fraction of sp³-hybridized carbons (Fsp3) is 0.133. The highest BCUT2D eigenvalue weighted by molar-refractivity contribution is 6.31. The van der Waals surface area contributed by atoms with Crippen LogP contribution in [0.5, 0.6) is 11.5 Å². The van der Waals surface area contributed by atoms with Crippen LogP contribution in [-0.4, -0.2) is 20.0 Å². The first kappa shape index (κ1) is 14.3. The molecule has 0 N–H and O–H groups in total. The fourth-order valence-corrected chi connectivity index (χ4v) is 2.00. The number of benzene rings is 2. The Bertz CT molecular complexity index is 656. The van der Waals surface area contributed by atoms with E-state index in [1.165, 1.54) is 38.5 Å². The van der Waals surface area contributed by atoms with Gasteiger partial charge >= 0.3 is 0 Å². The molecule has 0 amide bonds. The third-order valence-corrected chi connectivity index (χ3v) is 3.07. The van der Waals surface area contributed by atoms with Gasteiger partial charge in [0.25, 0.3) is 0 Å². The average molecular weight is 295 g/mol. The van der Waals surface area contributed by atoms with E-state index < -0.39 is 11.6 Å². The lowest BCUT2D eigenvalue weighted by Gasteiger charge is -2.10. The van der Waals surface area contributed by atoms with Crippen molar-refractivity contribution in [3.05, 3.63) is 58.4 Å². The van der Waals surface area contributed by atoms with Crippen LogP contribution in [-0.2, 0) is 0 Å². The van der Waals surface area contributed by atoms with Gasteiger partial charge in [0.1, 0.15) is 5.75 Å². The highest BCUT2D eigenvalue weighted by Gasteiger charge is 2.20. The molecule has 0 atom stereocenters. The molecule has 0 aliphatic carbocycles. The van der Waals surface area contributed by atoms with Gasteiger partial charge in [-0.15, -0.1) is 0 Å². The maximum atomic E-state index is 14.1. The molecular weight excluding hydrogens is 283 g/mol. The molecular formula is C15H12ClFO3. The van der Waals surface area contributed by atoms with Crippen LogP contribution in [0, 0.1) is 5.82 Å². The molecule has 0 heterocycles. The zero-order valence-corrected chi connectivity index (χ0v) is 11.7. The quantitative estimate of drug-likeness (QED) is 0.806. The molecule has 0 unspecified atom stereocenters. The molecule has 0 aliphatic rings. The molecule has 2 aromatic carbocycles. The van der Waals surface area contributed by atoms with Crippen LogP contribution in [0.15, 0.2) is 36.4 Å². The lowest BCUT2D eigenvalue weighted by Crippen LogP contribution is -2.07.